The first kappa shape index (κ1) is 7.86. The fourth-order valence-electron chi connectivity index (χ4n) is 1.14. The van der Waals surface area contributed by atoms with Gasteiger partial charge in [-0.25, -0.2) is 0 Å². The molecule has 0 radical (unpaired) electrons. The average Bonchev–Trinajstić information content (AvgIpc) is 1.85. The summed E-state index contributed by atoms with van der Waals surface area (Å²) in [6, 6.07) is 5.89. The molecule has 1 aromatic carbocycles. The third-order valence-corrected chi connectivity index (χ3v) is 1.55. The fourth-order valence-corrected chi connectivity index (χ4v) is 1.14. The normalized spacial score (nSPS) is 9.64. The summed E-state index contributed by atoms with van der Waals surface area (Å²) < 4.78 is 0. The van der Waals surface area contributed by atoms with Crippen molar-refractivity contribution in [1.29, 1.82) is 0 Å². The van der Waals surface area contributed by atoms with E-state index in [0.717, 1.165) is 16.7 Å². The third kappa shape index (κ3) is 1.84. The topological polar surface area (TPSA) is 20.2 Å². The second kappa shape index (κ2) is 2.79. The Morgan fingerprint density at radius 3 is 2.00 bits per heavy atom. The highest BCUT2D eigenvalue weighted by atomic mass is 16.3. The Morgan fingerprint density at radius 1 is 1.18 bits per heavy atom. The molecule has 0 amide bonds. The number of hydrogen-bond donors (Lipinski definition) is 1. The van der Waals surface area contributed by atoms with Gasteiger partial charge in [-0.2, -0.15) is 0 Å². The monoisotopic (exact) mass is 148 g/mol. The molecular formula is C10H12O. The van der Waals surface area contributed by atoms with Crippen molar-refractivity contribution in [3.05, 3.63) is 41.5 Å². The van der Waals surface area contributed by atoms with Crippen LogP contribution in [0.3, 0.4) is 0 Å². The molecule has 0 saturated heterocycles. The molecule has 0 aliphatic heterocycles. The molecule has 58 valence electrons. The molecule has 0 aliphatic rings. The lowest BCUT2D eigenvalue weighted by atomic mass is 10.1. The van der Waals surface area contributed by atoms with Gasteiger partial charge in [-0.3, -0.25) is 0 Å². The molecule has 0 bridgehead atoms. The zero-order chi connectivity index (χ0) is 8.43. The van der Waals surface area contributed by atoms with Crippen LogP contribution in [0.5, 0.6) is 0 Å². The summed E-state index contributed by atoms with van der Waals surface area (Å²) in [7, 11) is 0. The van der Waals surface area contributed by atoms with Crippen LogP contribution in [0.4, 0.5) is 0 Å². The van der Waals surface area contributed by atoms with Crippen LogP contribution >= 0.6 is 0 Å². The van der Waals surface area contributed by atoms with Gasteiger partial charge in [0.25, 0.3) is 0 Å². The summed E-state index contributed by atoms with van der Waals surface area (Å²) in [4.78, 5) is 0. The summed E-state index contributed by atoms with van der Waals surface area (Å²) in [5, 5.41) is 9.08. The molecule has 11 heavy (non-hydrogen) atoms. The van der Waals surface area contributed by atoms with Crippen LogP contribution in [0, 0.1) is 13.8 Å². The lowest BCUT2D eigenvalue weighted by molar-refractivity contribution is 0.513. The lowest BCUT2D eigenvalue weighted by Crippen LogP contribution is -1.84. The van der Waals surface area contributed by atoms with Gasteiger partial charge in [-0.05, 0) is 26.0 Å². The molecule has 1 aromatic rings. The zero-order valence-electron chi connectivity index (χ0n) is 6.89. The second-order valence-electron chi connectivity index (χ2n) is 2.82. The molecule has 0 heterocycles. The van der Waals surface area contributed by atoms with Crippen molar-refractivity contribution >= 4 is 5.76 Å². The van der Waals surface area contributed by atoms with E-state index >= 15 is 0 Å². The molecule has 1 rings (SSSR count). The van der Waals surface area contributed by atoms with Gasteiger partial charge in [-0.15, -0.1) is 0 Å². The van der Waals surface area contributed by atoms with Crippen LogP contribution in [0.25, 0.3) is 5.76 Å². The molecule has 1 nitrogen and oxygen atoms in total. The first-order valence-corrected chi connectivity index (χ1v) is 3.56. The Hall–Kier alpha value is -1.24. The summed E-state index contributed by atoms with van der Waals surface area (Å²) in [6.07, 6.45) is 0. The SMILES string of the molecule is C=C(O)c1cc(C)cc(C)c1. The molecule has 1 heteroatoms. The second-order valence-corrected chi connectivity index (χ2v) is 2.82. The molecule has 0 aliphatic carbocycles. The largest absolute Gasteiger partial charge is 0.508 e. The Labute approximate surface area is 67.0 Å². The van der Waals surface area contributed by atoms with Gasteiger partial charge in [0.1, 0.15) is 5.76 Å². The minimum atomic E-state index is 0.136. The van der Waals surface area contributed by atoms with Crippen LogP contribution in [-0.2, 0) is 0 Å². The number of benzene rings is 1. The maximum atomic E-state index is 9.08. The average molecular weight is 148 g/mol. The third-order valence-electron chi connectivity index (χ3n) is 1.55. The molecule has 0 saturated carbocycles. The van der Waals surface area contributed by atoms with Crippen LogP contribution in [0.1, 0.15) is 16.7 Å². The highest BCUT2D eigenvalue weighted by molar-refractivity contribution is 5.57. The van der Waals surface area contributed by atoms with Gasteiger partial charge in [0.05, 0.1) is 0 Å². The smallest absolute Gasteiger partial charge is 0.115 e. The summed E-state index contributed by atoms with van der Waals surface area (Å²) in [5.41, 5.74) is 3.10. The Bertz CT molecular complexity index is 267. The van der Waals surface area contributed by atoms with E-state index in [-0.39, 0.29) is 5.76 Å². The predicted molar refractivity (Wildman–Crippen MR) is 47.6 cm³/mol. The lowest BCUT2D eigenvalue weighted by Gasteiger charge is -2.01. The molecule has 0 unspecified atom stereocenters. The Kier molecular flexibility index (Phi) is 1.99. The number of aliphatic hydroxyl groups excluding tert-OH is 1. The van der Waals surface area contributed by atoms with Crippen molar-refractivity contribution < 1.29 is 5.11 Å². The first-order valence-electron chi connectivity index (χ1n) is 3.56. The Morgan fingerprint density at radius 2 is 1.64 bits per heavy atom. The van der Waals surface area contributed by atoms with Crippen molar-refractivity contribution in [1.82, 2.24) is 0 Å². The number of rotatable bonds is 1. The number of aryl methyl sites for hydroxylation is 2. The van der Waals surface area contributed by atoms with E-state index in [1.165, 1.54) is 0 Å². The minimum absolute atomic E-state index is 0.136. The maximum Gasteiger partial charge on any atom is 0.115 e. The quantitative estimate of drug-likeness (QED) is 0.607. The van der Waals surface area contributed by atoms with Gasteiger partial charge in [0.15, 0.2) is 0 Å². The highest BCUT2D eigenvalue weighted by Gasteiger charge is 1.96. The number of hydrogen-bond acceptors (Lipinski definition) is 1. The highest BCUT2D eigenvalue weighted by Crippen LogP contribution is 2.13. The van der Waals surface area contributed by atoms with E-state index in [1.807, 2.05) is 26.0 Å². The summed E-state index contributed by atoms with van der Waals surface area (Å²) in [6.45, 7) is 7.46. The van der Waals surface area contributed by atoms with Gasteiger partial charge in [0, 0.05) is 5.56 Å². The molecule has 0 spiro atoms. The van der Waals surface area contributed by atoms with E-state index in [4.69, 9.17) is 5.11 Å². The van der Waals surface area contributed by atoms with Crippen molar-refractivity contribution in [2.75, 3.05) is 0 Å². The van der Waals surface area contributed by atoms with Crippen molar-refractivity contribution in [3.8, 4) is 0 Å². The minimum Gasteiger partial charge on any atom is -0.508 e. The van der Waals surface area contributed by atoms with Gasteiger partial charge in [-0.1, -0.05) is 23.8 Å². The van der Waals surface area contributed by atoms with Gasteiger partial charge >= 0.3 is 0 Å². The van der Waals surface area contributed by atoms with E-state index in [0.29, 0.717) is 0 Å². The molecule has 0 aromatic heterocycles. The Balaban J connectivity index is 3.19. The fraction of sp³-hybridized carbons (Fsp3) is 0.200. The van der Waals surface area contributed by atoms with Gasteiger partial charge in [0.2, 0.25) is 0 Å². The predicted octanol–water partition coefficient (Wildman–Crippen LogP) is 2.83. The van der Waals surface area contributed by atoms with Crippen molar-refractivity contribution in [2.45, 2.75) is 13.8 Å². The standard InChI is InChI=1S/C10H12O/c1-7-4-8(2)6-10(5-7)9(3)11/h4-6,11H,3H2,1-2H3. The van der Waals surface area contributed by atoms with Crippen molar-refractivity contribution in [2.24, 2.45) is 0 Å². The molecule has 0 fully saturated rings. The van der Waals surface area contributed by atoms with E-state index in [2.05, 4.69) is 12.6 Å². The summed E-state index contributed by atoms with van der Waals surface area (Å²) >= 11 is 0. The molecule has 1 N–H and O–H groups in total. The van der Waals surface area contributed by atoms with Crippen LogP contribution in [0.15, 0.2) is 24.8 Å². The van der Waals surface area contributed by atoms with E-state index in [9.17, 15) is 0 Å². The van der Waals surface area contributed by atoms with E-state index in [1.54, 1.807) is 0 Å². The summed E-state index contributed by atoms with van der Waals surface area (Å²) in [5.74, 6) is 0.136. The van der Waals surface area contributed by atoms with E-state index < -0.39 is 0 Å². The number of aliphatic hydroxyl groups is 1. The first-order chi connectivity index (χ1) is 5.09. The van der Waals surface area contributed by atoms with Crippen LogP contribution in [0.2, 0.25) is 0 Å². The molecule has 0 atom stereocenters. The molecular weight excluding hydrogens is 136 g/mol. The van der Waals surface area contributed by atoms with Crippen molar-refractivity contribution in [3.63, 3.8) is 0 Å². The van der Waals surface area contributed by atoms with Gasteiger partial charge < -0.3 is 5.11 Å². The maximum absolute atomic E-state index is 9.08. The van der Waals surface area contributed by atoms with Crippen LogP contribution < -0.4 is 0 Å². The van der Waals surface area contributed by atoms with Crippen LogP contribution in [-0.4, -0.2) is 5.11 Å². The zero-order valence-corrected chi connectivity index (χ0v) is 6.89.